The van der Waals surface area contributed by atoms with Gasteiger partial charge in [-0.2, -0.15) is 4.98 Å². The van der Waals surface area contributed by atoms with Crippen molar-refractivity contribution in [3.8, 4) is 11.5 Å². The Morgan fingerprint density at radius 1 is 1.00 bits per heavy atom. The molecule has 0 fully saturated rings. The van der Waals surface area contributed by atoms with Crippen molar-refractivity contribution in [2.75, 3.05) is 17.4 Å². The van der Waals surface area contributed by atoms with E-state index in [-0.39, 0.29) is 6.79 Å². The van der Waals surface area contributed by atoms with Crippen LogP contribution in [0.25, 0.3) is 0 Å². The van der Waals surface area contributed by atoms with Crippen LogP contribution >= 0.6 is 15.9 Å². The van der Waals surface area contributed by atoms with Crippen molar-refractivity contribution in [1.29, 1.82) is 0 Å². The van der Waals surface area contributed by atoms with Crippen molar-refractivity contribution in [3.63, 3.8) is 0 Å². The van der Waals surface area contributed by atoms with E-state index in [1.807, 2.05) is 48.5 Å². The fourth-order valence-electron chi connectivity index (χ4n) is 2.43. The standard InChI is InChI=1S/C18H15BrN4O2/c19-13-2-4-14(5-3-13)22-17-7-8-20-18(23-17)21-10-12-1-6-15-16(9-12)25-11-24-15/h1-9H,10-11H2,(H2,20,21,22,23). The van der Waals surface area contributed by atoms with Gasteiger partial charge in [0.2, 0.25) is 12.7 Å². The molecule has 1 aliphatic rings. The molecule has 126 valence electrons. The van der Waals surface area contributed by atoms with Crippen molar-refractivity contribution >= 4 is 33.4 Å². The molecule has 2 aromatic carbocycles. The van der Waals surface area contributed by atoms with Crippen LogP contribution in [0.15, 0.2) is 59.2 Å². The molecule has 0 aliphatic carbocycles. The molecule has 0 spiro atoms. The Labute approximate surface area is 153 Å². The number of hydrogen-bond acceptors (Lipinski definition) is 6. The van der Waals surface area contributed by atoms with E-state index in [0.29, 0.717) is 12.5 Å². The zero-order valence-electron chi connectivity index (χ0n) is 13.2. The maximum absolute atomic E-state index is 5.39. The summed E-state index contributed by atoms with van der Waals surface area (Å²) < 4.78 is 11.7. The Morgan fingerprint density at radius 3 is 2.72 bits per heavy atom. The molecule has 0 saturated heterocycles. The van der Waals surface area contributed by atoms with E-state index in [2.05, 4.69) is 36.5 Å². The van der Waals surface area contributed by atoms with E-state index < -0.39 is 0 Å². The largest absolute Gasteiger partial charge is 0.454 e. The number of rotatable bonds is 5. The van der Waals surface area contributed by atoms with Gasteiger partial charge in [0.15, 0.2) is 11.5 Å². The van der Waals surface area contributed by atoms with Gasteiger partial charge in [-0.05, 0) is 48.0 Å². The molecule has 4 rings (SSSR count). The van der Waals surface area contributed by atoms with E-state index in [1.165, 1.54) is 0 Å². The van der Waals surface area contributed by atoms with Gasteiger partial charge in [-0.3, -0.25) is 0 Å². The SMILES string of the molecule is Brc1ccc(Nc2ccnc(NCc3ccc4c(c3)OCO4)n2)cc1. The van der Waals surface area contributed by atoms with Gasteiger partial charge in [0.25, 0.3) is 0 Å². The Hall–Kier alpha value is -2.80. The van der Waals surface area contributed by atoms with Crippen LogP contribution in [0, 0.1) is 0 Å². The Bertz CT molecular complexity index is 886. The van der Waals surface area contributed by atoms with E-state index >= 15 is 0 Å². The number of anilines is 3. The summed E-state index contributed by atoms with van der Waals surface area (Å²) in [6.07, 6.45) is 1.72. The zero-order chi connectivity index (χ0) is 17.1. The third kappa shape index (κ3) is 3.83. The summed E-state index contributed by atoms with van der Waals surface area (Å²) in [5.74, 6) is 2.83. The van der Waals surface area contributed by atoms with Crippen LogP contribution in [0.4, 0.5) is 17.5 Å². The van der Waals surface area contributed by atoms with Crippen molar-refractivity contribution in [1.82, 2.24) is 9.97 Å². The summed E-state index contributed by atoms with van der Waals surface area (Å²) >= 11 is 3.42. The number of fused-ring (bicyclic) bond motifs is 1. The lowest BCUT2D eigenvalue weighted by Crippen LogP contribution is -2.05. The maximum atomic E-state index is 5.39. The van der Waals surface area contributed by atoms with Crippen LogP contribution in [0.2, 0.25) is 0 Å². The van der Waals surface area contributed by atoms with E-state index in [1.54, 1.807) is 6.20 Å². The molecule has 0 amide bonds. The molecule has 1 aromatic heterocycles. The molecule has 0 bridgehead atoms. The first kappa shape index (κ1) is 15.7. The first-order valence-corrected chi connectivity index (χ1v) is 8.54. The predicted molar refractivity (Wildman–Crippen MR) is 99.3 cm³/mol. The van der Waals surface area contributed by atoms with E-state index in [0.717, 1.165) is 33.0 Å². The minimum atomic E-state index is 0.277. The first-order valence-electron chi connectivity index (χ1n) is 7.74. The summed E-state index contributed by atoms with van der Waals surface area (Å²) in [6.45, 7) is 0.872. The van der Waals surface area contributed by atoms with Crippen LogP contribution < -0.4 is 20.1 Å². The van der Waals surface area contributed by atoms with Crippen molar-refractivity contribution in [2.24, 2.45) is 0 Å². The van der Waals surface area contributed by atoms with Crippen LogP contribution in [-0.4, -0.2) is 16.8 Å². The molecule has 0 atom stereocenters. The highest BCUT2D eigenvalue weighted by atomic mass is 79.9. The van der Waals surface area contributed by atoms with Gasteiger partial charge in [-0.25, -0.2) is 4.98 Å². The molecule has 2 N–H and O–H groups in total. The lowest BCUT2D eigenvalue weighted by Gasteiger charge is -2.09. The Morgan fingerprint density at radius 2 is 1.84 bits per heavy atom. The van der Waals surface area contributed by atoms with Gasteiger partial charge < -0.3 is 20.1 Å². The number of halogens is 1. The zero-order valence-corrected chi connectivity index (χ0v) is 14.8. The summed E-state index contributed by atoms with van der Waals surface area (Å²) in [4.78, 5) is 8.73. The van der Waals surface area contributed by atoms with Gasteiger partial charge in [0.05, 0.1) is 0 Å². The van der Waals surface area contributed by atoms with E-state index in [9.17, 15) is 0 Å². The molecule has 0 radical (unpaired) electrons. The fraction of sp³-hybridized carbons (Fsp3) is 0.111. The molecule has 7 heteroatoms. The van der Waals surface area contributed by atoms with Crippen LogP contribution in [0.5, 0.6) is 11.5 Å². The number of aromatic nitrogens is 2. The molecular formula is C18H15BrN4O2. The Balaban J connectivity index is 1.42. The first-order chi connectivity index (χ1) is 12.3. The molecule has 2 heterocycles. The number of ether oxygens (including phenoxy) is 2. The summed E-state index contributed by atoms with van der Waals surface area (Å²) in [6, 6.07) is 15.6. The quantitative estimate of drug-likeness (QED) is 0.666. The summed E-state index contributed by atoms with van der Waals surface area (Å²) in [5, 5.41) is 6.48. The second kappa shape index (κ2) is 6.98. The molecule has 0 unspecified atom stereocenters. The monoisotopic (exact) mass is 398 g/mol. The summed E-state index contributed by atoms with van der Waals surface area (Å²) in [7, 11) is 0. The van der Waals surface area contributed by atoms with Gasteiger partial charge >= 0.3 is 0 Å². The number of nitrogens with one attached hydrogen (secondary N) is 2. The maximum Gasteiger partial charge on any atom is 0.231 e. The molecular weight excluding hydrogens is 384 g/mol. The smallest absolute Gasteiger partial charge is 0.231 e. The van der Waals surface area contributed by atoms with Crippen LogP contribution in [0.1, 0.15) is 5.56 Å². The average molecular weight is 399 g/mol. The predicted octanol–water partition coefficient (Wildman–Crippen LogP) is 4.32. The van der Waals surface area contributed by atoms with Gasteiger partial charge in [-0.1, -0.05) is 22.0 Å². The lowest BCUT2D eigenvalue weighted by atomic mass is 10.2. The average Bonchev–Trinajstić information content (AvgIpc) is 3.10. The van der Waals surface area contributed by atoms with E-state index in [4.69, 9.17) is 9.47 Å². The van der Waals surface area contributed by atoms with Crippen molar-refractivity contribution in [3.05, 3.63) is 64.8 Å². The van der Waals surface area contributed by atoms with Crippen molar-refractivity contribution in [2.45, 2.75) is 6.54 Å². The Kier molecular flexibility index (Phi) is 4.39. The number of nitrogens with zero attached hydrogens (tertiary/aromatic N) is 2. The number of hydrogen-bond donors (Lipinski definition) is 2. The van der Waals surface area contributed by atoms with Crippen LogP contribution in [-0.2, 0) is 6.54 Å². The van der Waals surface area contributed by atoms with Gasteiger partial charge in [0.1, 0.15) is 5.82 Å². The normalized spacial score (nSPS) is 12.0. The second-order valence-corrected chi connectivity index (χ2v) is 6.35. The molecule has 3 aromatic rings. The van der Waals surface area contributed by atoms with Crippen LogP contribution in [0.3, 0.4) is 0 Å². The third-order valence-corrected chi connectivity index (χ3v) is 4.19. The highest BCUT2D eigenvalue weighted by molar-refractivity contribution is 9.10. The minimum absolute atomic E-state index is 0.277. The highest BCUT2D eigenvalue weighted by Crippen LogP contribution is 2.32. The molecule has 6 nitrogen and oxygen atoms in total. The number of benzene rings is 2. The third-order valence-electron chi connectivity index (χ3n) is 3.66. The minimum Gasteiger partial charge on any atom is -0.454 e. The molecule has 1 aliphatic heterocycles. The molecule has 25 heavy (non-hydrogen) atoms. The lowest BCUT2D eigenvalue weighted by molar-refractivity contribution is 0.174. The summed E-state index contributed by atoms with van der Waals surface area (Å²) in [5.41, 5.74) is 2.03. The highest BCUT2D eigenvalue weighted by Gasteiger charge is 2.13. The second-order valence-electron chi connectivity index (χ2n) is 5.44. The fourth-order valence-corrected chi connectivity index (χ4v) is 2.69. The topological polar surface area (TPSA) is 68.3 Å². The van der Waals surface area contributed by atoms with Gasteiger partial charge in [-0.15, -0.1) is 0 Å². The molecule has 0 saturated carbocycles. The van der Waals surface area contributed by atoms with Gasteiger partial charge in [0, 0.05) is 22.9 Å². The van der Waals surface area contributed by atoms with Crippen molar-refractivity contribution < 1.29 is 9.47 Å².